The average molecular weight is 422 g/mol. The molecule has 2 aromatic rings. The number of nitro groups is 2. The van der Waals surface area contributed by atoms with Gasteiger partial charge in [0.15, 0.2) is 9.84 Å². The van der Waals surface area contributed by atoms with Crippen LogP contribution >= 0.6 is 0 Å². The lowest BCUT2D eigenvalue weighted by Crippen LogP contribution is -2.29. The van der Waals surface area contributed by atoms with Gasteiger partial charge in [0, 0.05) is 42.6 Å². The molecule has 12 heteroatoms. The third-order valence-corrected chi connectivity index (χ3v) is 5.18. The number of hydrogen-bond donors (Lipinski definition) is 2. The second kappa shape index (κ2) is 8.65. The summed E-state index contributed by atoms with van der Waals surface area (Å²) in [7, 11) is -3.59. The van der Waals surface area contributed by atoms with Crippen LogP contribution in [0.5, 0.6) is 0 Å². The first-order valence-electron chi connectivity index (χ1n) is 8.27. The molecule has 0 radical (unpaired) electrons. The number of rotatable bonds is 8. The first-order chi connectivity index (χ1) is 13.5. The Balaban J connectivity index is 2.04. The third-order valence-electron chi connectivity index (χ3n) is 4.07. The molecule has 0 saturated carbocycles. The minimum atomic E-state index is -3.59. The maximum absolute atomic E-state index is 12.2. The fourth-order valence-electron chi connectivity index (χ4n) is 2.58. The highest BCUT2D eigenvalue weighted by Gasteiger charge is 2.19. The zero-order valence-electron chi connectivity index (χ0n) is 15.5. The van der Waals surface area contributed by atoms with Gasteiger partial charge in [-0.1, -0.05) is 6.07 Å². The van der Waals surface area contributed by atoms with Gasteiger partial charge in [-0.2, -0.15) is 0 Å². The Hall–Kier alpha value is -3.54. The molecule has 0 spiro atoms. The van der Waals surface area contributed by atoms with Gasteiger partial charge in [0.25, 0.3) is 17.3 Å². The second-order valence-electron chi connectivity index (χ2n) is 6.10. The van der Waals surface area contributed by atoms with Gasteiger partial charge in [0.05, 0.1) is 14.7 Å². The summed E-state index contributed by atoms with van der Waals surface area (Å²) in [4.78, 5) is 32.9. The van der Waals surface area contributed by atoms with Crippen LogP contribution in [0.4, 0.5) is 17.1 Å². The molecule has 0 aliphatic carbocycles. The number of carbonyl (C=O) groups excluding carboxylic acids is 1. The van der Waals surface area contributed by atoms with Crippen molar-refractivity contribution in [3.63, 3.8) is 0 Å². The molecule has 0 fully saturated rings. The Kier molecular flexibility index (Phi) is 6.49. The van der Waals surface area contributed by atoms with Crippen LogP contribution in [0.25, 0.3) is 0 Å². The summed E-state index contributed by atoms with van der Waals surface area (Å²) >= 11 is 0. The quantitative estimate of drug-likeness (QED) is 0.371. The molecule has 0 heterocycles. The van der Waals surface area contributed by atoms with Gasteiger partial charge >= 0.3 is 0 Å². The monoisotopic (exact) mass is 422 g/mol. The number of amides is 1. The molecule has 1 amide bonds. The molecule has 2 aromatic carbocycles. The van der Waals surface area contributed by atoms with E-state index in [1.807, 2.05) is 0 Å². The number of nitrogens with one attached hydrogen (secondary N) is 2. The molecular formula is C17H18N4O7S. The second-order valence-corrected chi connectivity index (χ2v) is 8.11. The summed E-state index contributed by atoms with van der Waals surface area (Å²) < 4.78 is 23.1. The summed E-state index contributed by atoms with van der Waals surface area (Å²) in [6.45, 7) is 1.66. The lowest BCUT2D eigenvalue weighted by molar-refractivity contribution is -0.385. The number of nitro benzene ring substituents is 2. The SMILES string of the molecule is Cc1c(C(=O)NCCNc2ccc(S(C)(=O)=O)cc2[N+](=O)[O-])cccc1[N+](=O)[O-]. The Morgan fingerprint density at radius 1 is 1.03 bits per heavy atom. The predicted molar refractivity (Wildman–Crippen MR) is 105 cm³/mol. The molecule has 0 bridgehead atoms. The first-order valence-corrected chi connectivity index (χ1v) is 10.2. The molecule has 0 atom stereocenters. The van der Waals surface area contributed by atoms with E-state index in [1.54, 1.807) is 0 Å². The van der Waals surface area contributed by atoms with E-state index in [0.29, 0.717) is 0 Å². The summed E-state index contributed by atoms with van der Waals surface area (Å²) in [6, 6.07) is 7.65. The van der Waals surface area contributed by atoms with Gasteiger partial charge < -0.3 is 10.6 Å². The Bertz CT molecular complexity index is 1080. The molecule has 0 aromatic heterocycles. The van der Waals surface area contributed by atoms with Crippen LogP contribution in [0, 0.1) is 27.2 Å². The van der Waals surface area contributed by atoms with Gasteiger partial charge in [0.2, 0.25) is 0 Å². The topological polar surface area (TPSA) is 162 Å². The van der Waals surface area contributed by atoms with Crippen LogP contribution in [-0.4, -0.2) is 43.5 Å². The van der Waals surface area contributed by atoms with Crippen molar-refractivity contribution in [2.24, 2.45) is 0 Å². The molecule has 29 heavy (non-hydrogen) atoms. The van der Waals surface area contributed by atoms with Crippen molar-refractivity contribution in [2.45, 2.75) is 11.8 Å². The Morgan fingerprint density at radius 2 is 1.69 bits per heavy atom. The van der Waals surface area contributed by atoms with E-state index in [4.69, 9.17) is 0 Å². The average Bonchev–Trinajstić information content (AvgIpc) is 2.64. The van der Waals surface area contributed by atoms with Crippen molar-refractivity contribution in [1.82, 2.24) is 5.32 Å². The number of sulfone groups is 1. The van der Waals surface area contributed by atoms with Crippen LogP contribution in [-0.2, 0) is 9.84 Å². The van der Waals surface area contributed by atoms with Crippen LogP contribution in [0.1, 0.15) is 15.9 Å². The minimum Gasteiger partial charge on any atom is -0.378 e. The highest BCUT2D eigenvalue weighted by atomic mass is 32.2. The van der Waals surface area contributed by atoms with Crippen molar-refractivity contribution in [1.29, 1.82) is 0 Å². The van der Waals surface area contributed by atoms with Gasteiger partial charge in [-0.3, -0.25) is 25.0 Å². The minimum absolute atomic E-state index is 0.0753. The van der Waals surface area contributed by atoms with Gasteiger partial charge in [-0.05, 0) is 25.1 Å². The van der Waals surface area contributed by atoms with Crippen LogP contribution in [0.3, 0.4) is 0 Å². The van der Waals surface area contributed by atoms with E-state index < -0.39 is 31.3 Å². The van der Waals surface area contributed by atoms with Crippen LogP contribution < -0.4 is 10.6 Å². The molecule has 11 nitrogen and oxygen atoms in total. The summed E-state index contributed by atoms with van der Waals surface area (Å²) in [6.07, 6.45) is 0.949. The fraction of sp³-hybridized carbons (Fsp3) is 0.235. The molecule has 154 valence electrons. The third kappa shape index (κ3) is 5.25. The van der Waals surface area contributed by atoms with E-state index in [0.717, 1.165) is 12.3 Å². The number of nitrogens with zero attached hydrogens (tertiary/aromatic N) is 2. The Labute approximate surface area is 166 Å². The number of carbonyl (C=O) groups is 1. The summed E-state index contributed by atoms with van der Waals surface area (Å²) in [5.41, 5.74) is -0.0908. The lowest BCUT2D eigenvalue weighted by atomic mass is 10.1. The van der Waals surface area contributed by atoms with E-state index in [-0.39, 0.29) is 40.5 Å². The standard InChI is InChI=1S/C17H18N4O7S/c1-11-13(4-3-5-15(11)20(23)24)17(22)19-9-8-18-14-7-6-12(29(2,27)28)10-16(14)21(25)26/h3-7,10,18H,8-9H2,1-2H3,(H,19,22). The maximum atomic E-state index is 12.2. The van der Waals surface area contributed by atoms with Crippen molar-refractivity contribution in [3.8, 4) is 0 Å². The Morgan fingerprint density at radius 3 is 2.28 bits per heavy atom. The molecule has 0 aliphatic heterocycles. The predicted octanol–water partition coefficient (Wildman–Crippen LogP) is 2.06. The molecule has 2 rings (SSSR count). The van der Waals surface area contributed by atoms with Gasteiger partial charge in [-0.15, -0.1) is 0 Å². The van der Waals surface area contributed by atoms with Crippen molar-refractivity contribution >= 4 is 32.8 Å². The summed E-state index contributed by atoms with van der Waals surface area (Å²) in [5.74, 6) is -0.519. The zero-order chi connectivity index (χ0) is 21.8. The lowest BCUT2D eigenvalue weighted by Gasteiger charge is -2.10. The number of hydrogen-bond acceptors (Lipinski definition) is 8. The molecule has 2 N–H and O–H groups in total. The molecule has 0 saturated heterocycles. The first kappa shape index (κ1) is 21.8. The largest absolute Gasteiger partial charge is 0.378 e. The summed E-state index contributed by atoms with van der Waals surface area (Å²) in [5, 5.41) is 27.5. The molecule has 0 unspecified atom stereocenters. The molecule has 0 aliphatic rings. The van der Waals surface area contributed by atoms with Gasteiger partial charge in [0.1, 0.15) is 5.69 Å². The number of benzene rings is 2. The fourth-order valence-corrected chi connectivity index (χ4v) is 3.22. The highest BCUT2D eigenvalue weighted by molar-refractivity contribution is 7.90. The zero-order valence-corrected chi connectivity index (χ0v) is 16.4. The van der Waals surface area contributed by atoms with Crippen LogP contribution in [0.2, 0.25) is 0 Å². The van der Waals surface area contributed by atoms with E-state index >= 15 is 0 Å². The van der Waals surface area contributed by atoms with E-state index in [2.05, 4.69) is 10.6 Å². The smallest absolute Gasteiger partial charge is 0.293 e. The highest BCUT2D eigenvalue weighted by Crippen LogP contribution is 2.27. The van der Waals surface area contributed by atoms with Crippen molar-refractivity contribution < 1.29 is 23.1 Å². The van der Waals surface area contributed by atoms with Crippen molar-refractivity contribution in [2.75, 3.05) is 24.7 Å². The van der Waals surface area contributed by atoms with E-state index in [1.165, 1.54) is 37.3 Å². The normalized spacial score (nSPS) is 11.0. The van der Waals surface area contributed by atoms with Gasteiger partial charge in [-0.25, -0.2) is 8.42 Å². The number of anilines is 1. The molecular weight excluding hydrogens is 404 g/mol. The van der Waals surface area contributed by atoms with Crippen molar-refractivity contribution in [3.05, 3.63) is 67.8 Å². The maximum Gasteiger partial charge on any atom is 0.293 e. The van der Waals surface area contributed by atoms with E-state index in [9.17, 15) is 33.4 Å². The van der Waals surface area contributed by atoms with Crippen LogP contribution in [0.15, 0.2) is 41.3 Å².